The minimum absolute atomic E-state index is 0.465. The van der Waals surface area contributed by atoms with Crippen molar-refractivity contribution in [1.29, 1.82) is 0 Å². The summed E-state index contributed by atoms with van der Waals surface area (Å²) in [7, 11) is 0. The quantitative estimate of drug-likeness (QED) is 0.573. The number of imidazole rings is 1. The number of hydrogen-bond acceptors (Lipinski definition) is 4. The summed E-state index contributed by atoms with van der Waals surface area (Å²) >= 11 is 0. The average Bonchev–Trinajstić information content (AvgIpc) is 3.05. The van der Waals surface area contributed by atoms with Gasteiger partial charge in [0.1, 0.15) is 5.52 Å². The number of para-hydroxylation sites is 1. The van der Waals surface area contributed by atoms with Crippen molar-refractivity contribution in [3.8, 4) is 0 Å². The van der Waals surface area contributed by atoms with E-state index < -0.39 is 0 Å². The third kappa shape index (κ3) is 2.70. The first kappa shape index (κ1) is 14.7. The molecule has 0 spiro atoms. The lowest BCUT2D eigenvalue weighted by Crippen LogP contribution is -2.05. The van der Waals surface area contributed by atoms with Gasteiger partial charge in [-0.15, -0.1) is 0 Å². The molecule has 0 bridgehead atoms. The fourth-order valence-corrected chi connectivity index (χ4v) is 2.90. The van der Waals surface area contributed by atoms with Crippen molar-refractivity contribution in [1.82, 2.24) is 14.5 Å². The van der Waals surface area contributed by atoms with Crippen LogP contribution in [0.5, 0.6) is 0 Å². The largest absolute Gasteiger partial charge is 0.382 e. The molecule has 5 nitrogen and oxygen atoms in total. The van der Waals surface area contributed by atoms with Gasteiger partial charge in [-0.3, -0.25) is 0 Å². The zero-order valence-electron chi connectivity index (χ0n) is 13.2. The third-order valence-electron chi connectivity index (χ3n) is 4.07. The predicted molar refractivity (Wildman–Crippen MR) is 95.5 cm³/mol. The number of nitrogens with zero attached hydrogens (tertiary/aromatic N) is 3. The summed E-state index contributed by atoms with van der Waals surface area (Å²) in [4.78, 5) is 8.85. The highest BCUT2D eigenvalue weighted by Gasteiger charge is 2.11. The first-order chi connectivity index (χ1) is 11.8. The second-order valence-electron chi connectivity index (χ2n) is 5.69. The highest BCUT2D eigenvalue weighted by molar-refractivity contribution is 6.06. The lowest BCUT2D eigenvalue weighted by molar-refractivity contribution is 0.114. The number of benzene rings is 2. The van der Waals surface area contributed by atoms with E-state index in [-0.39, 0.29) is 0 Å². The second-order valence-corrected chi connectivity index (χ2v) is 5.69. The zero-order valence-corrected chi connectivity index (χ0v) is 13.2. The molecule has 4 rings (SSSR count). The Morgan fingerprint density at radius 2 is 1.79 bits per heavy atom. The number of nitrogen functional groups attached to an aromatic ring is 1. The van der Waals surface area contributed by atoms with E-state index in [2.05, 4.69) is 26.7 Å². The highest BCUT2D eigenvalue weighted by atomic mass is 16.5. The van der Waals surface area contributed by atoms with Crippen molar-refractivity contribution in [2.75, 3.05) is 12.3 Å². The van der Waals surface area contributed by atoms with Gasteiger partial charge >= 0.3 is 0 Å². The van der Waals surface area contributed by atoms with E-state index in [1.165, 1.54) is 5.56 Å². The van der Waals surface area contributed by atoms with Crippen LogP contribution in [-0.4, -0.2) is 21.1 Å². The van der Waals surface area contributed by atoms with Crippen LogP contribution in [0, 0.1) is 0 Å². The molecule has 0 unspecified atom stereocenters. The monoisotopic (exact) mass is 318 g/mol. The zero-order chi connectivity index (χ0) is 16.4. The Morgan fingerprint density at radius 1 is 1.00 bits per heavy atom. The van der Waals surface area contributed by atoms with Gasteiger partial charge in [-0.05, 0) is 11.6 Å². The standard InChI is InChI=1S/C19H18N4O/c20-19-17-18(15-8-4-5-9-16(15)22-19)23(13-21-17)10-11-24-12-14-6-2-1-3-7-14/h1-9,13H,10-12H2,(H2,20,22). The van der Waals surface area contributed by atoms with E-state index >= 15 is 0 Å². The van der Waals surface area contributed by atoms with Gasteiger partial charge in [0.15, 0.2) is 5.82 Å². The van der Waals surface area contributed by atoms with E-state index in [9.17, 15) is 0 Å². The van der Waals surface area contributed by atoms with Crippen molar-refractivity contribution >= 4 is 27.8 Å². The van der Waals surface area contributed by atoms with Crippen molar-refractivity contribution in [3.05, 3.63) is 66.5 Å². The van der Waals surface area contributed by atoms with Gasteiger partial charge in [-0.1, -0.05) is 48.5 Å². The molecule has 0 aliphatic rings. The van der Waals surface area contributed by atoms with Crippen LogP contribution in [0.1, 0.15) is 5.56 Å². The number of ether oxygens (including phenoxy) is 1. The molecular weight excluding hydrogens is 300 g/mol. The molecule has 4 aromatic rings. The molecule has 0 saturated carbocycles. The second kappa shape index (κ2) is 6.29. The lowest BCUT2D eigenvalue weighted by atomic mass is 10.2. The number of aromatic nitrogens is 3. The van der Waals surface area contributed by atoms with Crippen LogP contribution in [0.3, 0.4) is 0 Å². The Hall–Kier alpha value is -2.92. The first-order valence-corrected chi connectivity index (χ1v) is 7.93. The topological polar surface area (TPSA) is 66.0 Å². The molecule has 24 heavy (non-hydrogen) atoms. The lowest BCUT2D eigenvalue weighted by Gasteiger charge is -2.08. The molecule has 0 aliphatic heterocycles. The van der Waals surface area contributed by atoms with Gasteiger partial charge in [0.25, 0.3) is 0 Å². The average molecular weight is 318 g/mol. The summed E-state index contributed by atoms with van der Waals surface area (Å²) in [6.45, 7) is 1.94. The van der Waals surface area contributed by atoms with Crippen LogP contribution in [-0.2, 0) is 17.9 Å². The van der Waals surface area contributed by atoms with E-state index in [0.717, 1.165) is 28.5 Å². The van der Waals surface area contributed by atoms with Crippen LogP contribution >= 0.6 is 0 Å². The molecule has 0 amide bonds. The summed E-state index contributed by atoms with van der Waals surface area (Å²) in [6.07, 6.45) is 1.81. The number of fused-ring (bicyclic) bond motifs is 3. The Labute approximate surface area is 139 Å². The van der Waals surface area contributed by atoms with Crippen LogP contribution in [0.25, 0.3) is 21.9 Å². The van der Waals surface area contributed by atoms with Crippen molar-refractivity contribution < 1.29 is 4.74 Å². The minimum atomic E-state index is 0.465. The van der Waals surface area contributed by atoms with Gasteiger partial charge in [0, 0.05) is 11.9 Å². The van der Waals surface area contributed by atoms with Crippen molar-refractivity contribution in [2.45, 2.75) is 13.2 Å². The molecule has 2 N–H and O–H groups in total. The Balaban J connectivity index is 1.56. The number of anilines is 1. The molecule has 0 fully saturated rings. The maximum absolute atomic E-state index is 6.05. The van der Waals surface area contributed by atoms with E-state index in [0.29, 0.717) is 19.0 Å². The molecule has 5 heteroatoms. The first-order valence-electron chi connectivity index (χ1n) is 7.93. The fraction of sp³-hybridized carbons (Fsp3) is 0.158. The SMILES string of the molecule is Nc1nc2ccccc2c2c1ncn2CCOCc1ccccc1. The minimum Gasteiger partial charge on any atom is -0.382 e. The van der Waals surface area contributed by atoms with Gasteiger partial charge in [-0.25, -0.2) is 9.97 Å². The van der Waals surface area contributed by atoms with Gasteiger partial charge in [-0.2, -0.15) is 0 Å². The summed E-state index contributed by atoms with van der Waals surface area (Å²) in [5, 5.41) is 1.06. The maximum Gasteiger partial charge on any atom is 0.152 e. The molecular formula is C19H18N4O. The maximum atomic E-state index is 6.05. The number of rotatable bonds is 5. The molecule has 2 heterocycles. The van der Waals surface area contributed by atoms with Gasteiger partial charge < -0.3 is 15.0 Å². The Bertz CT molecular complexity index is 979. The summed E-state index contributed by atoms with van der Waals surface area (Å²) in [5.41, 5.74) is 9.87. The van der Waals surface area contributed by atoms with E-state index in [4.69, 9.17) is 10.5 Å². The third-order valence-corrected chi connectivity index (χ3v) is 4.07. The van der Waals surface area contributed by atoms with E-state index in [1.807, 2.05) is 42.5 Å². The smallest absolute Gasteiger partial charge is 0.152 e. The van der Waals surface area contributed by atoms with Gasteiger partial charge in [0.2, 0.25) is 0 Å². The fourth-order valence-electron chi connectivity index (χ4n) is 2.90. The highest BCUT2D eigenvalue weighted by Crippen LogP contribution is 2.26. The molecule has 2 aromatic heterocycles. The normalized spacial score (nSPS) is 11.3. The summed E-state index contributed by atoms with van der Waals surface area (Å²) in [5.74, 6) is 0.465. The molecule has 0 saturated heterocycles. The van der Waals surface area contributed by atoms with Crippen LogP contribution < -0.4 is 5.73 Å². The molecule has 0 atom stereocenters. The molecule has 0 aliphatic carbocycles. The van der Waals surface area contributed by atoms with Crippen LogP contribution in [0.4, 0.5) is 5.82 Å². The predicted octanol–water partition coefficient (Wildman–Crippen LogP) is 3.38. The molecule has 2 aromatic carbocycles. The Kier molecular flexibility index (Phi) is 3.84. The Morgan fingerprint density at radius 3 is 2.67 bits per heavy atom. The summed E-state index contributed by atoms with van der Waals surface area (Å²) in [6, 6.07) is 18.1. The summed E-state index contributed by atoms with van der Waals surface area (Å²) < 4.78 is 7.87. The van der Waals surface area contributed by atoms with Gasteiger partial charge in [0.05, 0.1) is 30.6 Å². The van der Waals surface area contributed by atoms with Crippen LogP contribution in [0.2, 0.25) is 0 Å². The van der Waals surface area contributed by atoms with Crippen molar-refractivity contribution in [3.63, 3.8) is 0 Å². The number of pyridine rings is 1. The molecule has 0 radical (unpaired) electrons. The van der Waals surface area contributed by atoms with Crippen molar-refractivity contribution in [2.24, 2.45) is 0 Å². The van der Waals surface area contributed by atoms with E-state index in [1.54, 1.807) is 6.33 Å². The number of nitrogens with two attached hydrogens (primary N) is 1. The molecule has 120 valence electrons. The van der Waals surface area contributed by atoms with Crippen LogP contribution in [0.15, 0.2) is 60.9 Å². The number of hydrogen-bond donors (Lipinski definition) is 1.